The first-order valence-electron chi connectivity index (χ1n) is 4.75. The highest BCUT2D eigenvalue weighted by Crippen LogP contribution is 2.07. The number of fused-ring (bicyclic) bond motifs is 1. The summed E-state index contributed by atoms with van der Waals surface area (Å²) >= 11 is 0. The zero-order valence-electron chi connectivity index (χ0n) is 8.32. The Morgan fingerprint density at radius 3 is 3.20 bits per heavy atom. The summed E-state index contributed by atoms with van der Waals surface area (Å²) in [5, 5.41) is 2.61. The van der Waals surface area contributed by atoms with Crippen LogP contribution in [0.3, 0.4) is 0 Å². The highest BCUT2D eigenvalue weighted by molar-refractivity contribution is 5.89. The van der Waals surface area contributed by atoms with Crippen LogP contribution in [0.2, 0.25) is 0 Å². The number of hydrogen-bond donors (Lipinski definition) is 2. The number of nitrogens with zero attached hydrogens (tertiary/aromatic N) is 3. The summed E-state index contributed by atoms with van der Waals surface area (Å²) in [6.07, 6.45) is 4.41. The molecule has 0 aliphatic heterocycles. The first-order chi connectivity index (χ1) is 7.29. The molecule has 2 heterocycles. The van der Waals surface area contributed by atoms with Crippen molar-refractivity contribution >= 4 is 23.0 Å². The van der Waals surface area contributed by atoms with Gasteiger partial charge in [0.15, 0.2) is 5.65 Å². The average Bonchev–Trinajstić information content (AvgIpc) is 2.65. The number of nitrogens with one attached hydrogen (secondary N) is 2. The molecule has 2 aromatic heterocycles. The Morgan fingerprint density at radius 1 is 1.53 bits per heavy atom. The van der Waals surface area contributed by atoms with E-state index in [1.165, 1.54) is 6.33 Å². The lowest BCUT2D eigenvalue weighted by Gasteiger charge is -2.00. The van der Waals surface area contributed by atoms with Gasteiger partial charge in [-0.25, -0.2) is 9.97 Å². The van der Waals surface area contributed by atoms with Crippen LogP contribution in [0.5, 0.6) is 0 Å². The highest BCUT2D eigenvalue weighted by atomic mass is 16.1. The maximum atomic E-state index is 11.3. The number of aromatic nitrogens is 4. The van der Waals surface area contributed by atoms with E-state index in [1.807, 2.05) is 6.92 Å². The smallest absolute Gasteiger partial charge is 0.231 e. The van der Waals surface area contributed by atoms with E-state index < -0.39 is 0 Å². The van der Waals surface area contributed by atoms with Gasteiger partial charge in [0, 0.05) is 6.42 Å². The molecule has 2 rings (SSSR count). The molecular weight excluding hydrogens is 194 g/mol. The maximum absolute atomic E-state index is 11.3. The fourth-order valence-electron chi connectivity index (χ4n) is 1.21. The molecule has 0 aromatic carbocycles. The van der Waals surface area contributed by atoms with E-state index in [0.29, 0.717) is 18.0 Å². The fourth-order valence-corrected chi connectivity index (χ4v) is 1.21. The lowest BCUT2D eigenvalue weighted by molar-refractivity contribution is -0.116. The molecule has 1 amide bonds. The first-order valence-corrected chi connectivity index (χ1v) is 4.75. The number of imidazole rings is 1. The van der Waals surface area contributed by atoms with Crippen LogP contribution in [-0.2, 0) is 4.79 Å². The van der Waals surface area contributed by atoms with Gasteiger partial charge < -0.3 is 4.98 Å². The van der Waals surface area contributed by atoms with Gasteiger partial charge in [0.1, 0.15) is 5.52 Å². The molecule has 0 atom stereocenters. The van der Waals surface area contributed by atoms with Crippen LogP contribution >= 0.6 is 0 Å². The maximum Gasteiger partial charge on any atom is 0.231 e. The van der Waals surface area contributed by atoms with Gasteiger partial charge >= 0.3 is 0 Å². The van der Waals surface area contributed by atoms with E-state index in [4.69, 9.17) is 0 Å². The molecular formula is C9H11N5O. The number of aromatic amines is 1. The topological polar surface area (TPSA) is 83.6 Å². The van der Waals surface area contributed by atoms with Gasteiger partial charge in [0.05, 0.1) is 12.5 Å². The third-order valence-corrected chi connectivity index (χ3v) is 1.90. The molecule has 0 unspecified atom stereocenters. The number of carbonyl (C=O) groups excluding carboxylic acids is 1. The summed E-state index contributed by atoms with van der Waals surface area (Å²) in [6, 6.07) is 0. The van der Waals surface area contributed by atoms with E-state index in [0.717, 1.165) is 11.9 Å². The van der Waals surface area contributed by atoms with E-state index in [9.17, 15) is 4.79 Å². The molecule has 2 N–H and O–H groups in total. The zero-order chi connectivity index (χ0) is 10.7. The molecule has 0 bridgehead atoms. The molecule has 15 heavy (non-hydrogen) atoms. The van der Waals surface area contributed by atoms with Gasteiger partial charge in [-0.05, 0) is 6.42 Å². The predicted octanol–water partition coefficient (Wildman–Crippen LogP) is 1.09. The summed E-state index contributed by atoms with van der Waals surface area (Å²) in [5.41, 5.74) is 1.31. The lowest BCUT2D eigenvalue weighted by atomic mass is 10.3. The summed E-state index contributed by atoms with van der Waals surface area (Å²) in [7, 11) is 0. The SMILES string of the molecule is CCCC(=O)Nc1ncc2[nH]cnc2n1. The molecule has 0 saturated heterocycles. The number of carbonyl (C=O) groups is 1. The monoisotopic (exact) mass is 205 g/mol. The van der Waals surface area contributed by atoms with E-state index in [-0.39, 0.29) is 5.91 Å². The van der Waals surface area contributed by atoms with Crippen LogP contribution in [0.1, 0.15) is 19.8 Å². The van der Waals surface area contributed by atoms with E-state index >= 15 is 0 Å². The Bertz CT molecular complexity index is 478. The van der Waals surface area contributed by atoms with Crippen molar-refractivity contribution in [3.63, 3.8) is 0 Å². The third-order valence-electron chi connectivity index (χ3n) is 1.90. The molecule has 0 radical (unpaired) electrons. The molecule has 78 valence electrons. The van der Waals surface area contributed by atoms with Crippen molar-refractivity contribution in [1.82, 2.24) is 19.9 Å². The van der Waals surface area contributed by atoms with Crippen LogP contribution in [0, 0.1) is 0 Å². The average molecular weight is 205 g/mol. The van der Waals surface area contributed by atoms with Gasteiger partial charge in [-0.3, -0.25) is 10.1 Å². The zero-order valence-corrected chi connectivity index (χ0v) is 8.32. The highest BCUT2D eigenvalue weighted by Gasteiger charge is 2.05. The molecule has 0 aliphatic rings. The second kappa shape index (κ2) is 4.04. The summed E-state index contributed by atoms with van der Waals surface area (Å²) in [4.78, 5) is 26.2. The van der Waals surface area contributed by atoms with E-state index in [1.54, 1.807) is 6.20 Å². The Kier molecular flexibility index (Phi) is 2.57. The quantitative estimate of drug-likeness (QED) is 0.785. The number of rotatable bonds is 3. The Morgan fingerprint density at radius 2 is 2.40 bits per heavy atom. The summed E-state index contributed by atoms with van der Waals surface area (Å²) < 4.78 is 0. The minimum Gasteiger partial charge on any atom is -0.342 e. The molecule has 6 heteroatoms. The number of H-pyrrole nitrogens is 1. The van der Waals surface area contributed by atoms with E-state index in [2.05, 4.69) is 25.3 Å². The van der Waals surface area contributed by atoms with Crippen molar-refractivity contribution in [1.29, 1.82) is 0 Å². The number of hydrogen-bond acceptors (Lipinski definition) is 4. The minimum atomic E-state index is -0.0765. The number of anilines is 1. The lowest BCUT2D eigenvalue weighted by Crippen LogP contribution is -2.13. The second-order valence-electron chi connectivity index (χ2n) is 3.13. The molecule has 2 aromatic rings. The second-order valence-corrected chi connectivity index (χ2v) is 3.13. The van der Waals surface area contributed by atoms with Crippen LogP contribution in [0.4, 0.5) is 5.95 Å². The molecule has 0 fully saturated rings. The van der Waals surface area contributed by atoms with Crippen LogP contribution < -0.4 is 5.32 Å². The summed E-state index contributed by atoms with van der Waals surface area (Å²) in [6.45, 7) is 1.94. The van der Waals surface area contributed by atoms with Crippen LogP contribution in [0.15, 0.2) is 12.5 Å². The van der Waals surface area contributed by atoms with Gasteiger partial charge in [0.2, 0.25) is 11.9 Å². The van der Waals surface area contributed by atoms with Gasteiger partial charge in [-0.2, -0.15) is 4.98 Å². The van der Waals surface area contributed by atoms with Gasteiger partial charge in [-0.15, -0.1) is 0 Å². The predicted molar refractivity (Wildman–Crippen MR) is 55.2 cm³/mol. The molecule has 0 saturated carbocycles. The molecule has 0 spiro atoms. The largest absolute Gasteiger partial charge is 0.342 e. The molecule has 0 aliphatic carbocycles. The van der Waals surface area contributed by atoms with Crippen molar-refractivity contribution in [2.24, 2.45) is 0 Å². The van der Waals surface area contributed by atoms with Crippen LogP contribution in [0.25, 0.3) is 11.2 Å². The minimum absolute atomic E-state index is 0.0765. The number of amides is 1. The Balaban J connectivity index is 2.17. The third kappa shape index (κ3) is 2.09. The van der Waals surface area contributed by atoms with Gasteiger partial charge in [-0.1, -0.05) is 6.92 Å². The normalized spacial score (nSPS) is 10.5. The van der Waals surface area contributed by atoms with Crippen molar-refractivity contribution in [3.8, 4) is 0 Å². The standard InChI is InChI=1S/C9H11N5O/c1-2-3-7(15)13-9-10-4-6-8(14-9)12-5-11-6/h4-5H,2-3H2,1H3,(H2,10,11,12,13,14,15). The Labute approximate surface area is 86.2 Å². The van der Waals surface area contributed by atoms with Crippen molar-refractivity contribution in [2.45, 2.75) is 19.8 Å². The fraction of sp³-hybridized carbons (Fsp3) is 0.333. The van der Waals surface area contributed by atoms with Crippen molar-refractivity contribution < 1.29 is 4.79 Å². The first kappa shape index (κ1) is 9.57. The van der Waals surface area contributed by atoms with Crippen LogP contribution in [-0.4, -0.2) is 25.8 Å². The van der Waals surface area contributed by atoms with Gasteiger partial charge in [0.25, 0.3) is 0 Å². The van der Waals surface area contributed by atoms with Crippen molar-refractivity contribution in [3.05, 3.63) is 12.5 Å². The summed E-state index contributed by atoms with van der Waals surface area (Å²) in [5.74, 6) is 0.223. The Hall–Kier alpha value is -1.98. The molecule has 6 nitrogen and oxygen atoms in total. The van der Waals surface area contributed by atoms with Crippen molar-refractivity contribution in [2.75, 3.05) is 5.32 Å².